The second-order valence-electron chi connectivity index (χ2n) is 15.7. The number of ether oxygens (including phenoxy) is 3. The normalized spacial score (nSPS) is 12.4. The van der Waals surface area contributed by atoms with E-state index in [0.717, 1.165) is 96.3 Å². The number of rotatable bonds is 42. The predicted octanol–water partition coefficient (Wildman–Crippen LogP) is 15.1. The number of hydrogen-bond donors (Lipinski definition) is 0. The highest BCUT2D eigenvalue weighted by Crippen LogP contribution is 2.14. The van der Waals surface area contributed by atoms with E-state index in [-0.39, 0.29) is 31.1 Å². The summed E-state index contributed by atoms with van der Waals surface area (Å²) in [6.07, 6.45) is 52.4. The van der Waals surface area contributed by atoms with Crippen molar-refractivity contribution in [3.05, 3.63) is 48.6 Å². The maximum atomic E-state index is 12.7. The van der Waals surface area contributed by atoms with Gasteiger partial charge in [0.05, 0.1) is 0 Å². The molecule has 0 aliphatic carbocycles. The second-order valence-corrected chi connectivity index (χ2v) is 15.7. The third kappa shape index (κ3) is 42.5. The zero-order valence-corrected chi connectivity index (χ0v) is 36.9. The Kier molecular flexibility index (Phi) is 43.0. The van der Waals surface area contributed by atoms with Crippen molar-refractivity contribution in [3.63, 3.8) is 0 Å². The summed E-state index contributed by atoms with van der Waals surface area (Å²) >= 11 is 0. The van der Waals surface area contributed by atoms with E-state index in [2.05, 4.69) is 69.4 Å². The Balaban J connectivity index is 4.36. The van der Waals surface area contributed by atoms with Crippen molar-refractivity contribution < 1.29 is 28.6 Å². The topological polar surface area (TPSA) is 78.9 Å². The van der Waals surface area contributed by atoms with Crippen LogP contribution in [0.2, 0.25) is 0 Å². The van der Waals surface area contributed by atoms with Gasteiger partial charge in [-0.05, 0) is 64.2 Å². The lowest BCUT2D eigenvalue weighted by atomic mass is 10.1. The highest BCUT2D eigenvalue weighted by molar-refractivity contribution is 5.71. The number of carbonyl (C=O) groups is 3. The third-order valence-corrected chi connectivity index (χ3v) is 10.1. The van der Waals surface area contributed by atoms with E-state index in [1.165, 1.54) is 96.3 Å². The highest BCUT2D eigenvalue weighted by atomic mass is 16.6. The number of hydrogen-bond acceptors (Lipinski definition) is 6. The number of esters is 3. The van der Waals surface area contributed by atoms with E-state index in [1.807, 2.05) is 0 Å². The molecule has 0 rings (SSSR count). The van der Waals surface area contributed by atoms with E-state index in [4.69, 9.17) is 14.2 Å². The molecule has 0 aromatic rings. The van der Waals surface area contributed by atoms with E-state index in [9.17, 15) is 14.4 Å². The molecule has 0 amide bonds. The molecule has 0 bridgehead atoms. The zero-order valence-electron chi connectivity index (χ0n) is 36.9. The molecule has 324 valence electrons. The lowest BCUT2D eigenvalue weighted by Crippen LogP contribution is -2.30. The average Bonchev–Trinajstić information content (AvgIpc) is 3.19. The van der Waals surface area contributed by atoms with Gasteiger partial charge in [-0.15, -0.1) is 0 Å². The van der Waals surface area contributed by atoms with Crippen LogP contribution in [-0.2, 0) is 28.6 Å². The number of unbranched alkanes of at least 4 members (excludes halogenated alkanes) is 25. The van der Waals surface area contributed by atoms with Crippen LogP contribution in [-0.4, -0.2) is 37.2 Å². The van der Waals surface area contributed by atoms with Crippen molar-refractivity contribution in [2.75, 3.05) is 13.2 Å². The monoisotopic (exact) mass is 785 g/mol. The first-order valence-corrected chi connectivity index (χ1v) is 23.7. The van der Waals surface area contributed by atoms with Crippen molar-refractivity contribution >= 4 is 17.9 Å². The van der Waals surface area contributed by atoms with Crippen LogP contribution in [0, 0.1) is 0 Å². The van der Waals surface area contributed by atoms with Gasteiger partial charge in [-0.1, -0.05) is 198 Å². The van der Waals surface area contributed by atoms with E-state index < -0.39 is 6.10 Å². The first kappa shape index (κ1) is 53.4. The van der Waals surface area contributed by atoms with Gasteiger partial charge in [0.15, 0.2) is 6.10 Å². The smallest absolute Gasteiger partial charge is 0.306 e. The van der Waals surface area contributed by atoms with Crippen LogP contribution < -0.4 is 0 Å². The highest BCUT2D eigenvalue weighted by Gasteiger charge is 2.19. The molecule has 0 aliphatic rings. The van der Waals surface area contributed by atoms with Crippen LogP contribution in [0.3, 0.4) is 0 Å². The molecular weight excluding hydrogens is 697 g/mol. The minimum atomic E-state index is -0.782. The first-order valence-electron chi connectivity index (χ1n) is 23.7. The summed E-state index contributed by atoms with van der Waals surface area (Å²) in [5.74, 6) is -0.919. The van der Waals surface area contributed by atoms with Gasteiger partial charge in [-0.3, -0.25) is 14.4 Å². The summed E-state index contributed by atoms with van der Waals surface area (Å²) in [5, 5.41) is 0. The van der Waals surface area contributed by atoms with Gasteiger partial charge in [0, 0.05) is 19.3 Å². The summed E-state index contributed by atoms with van der Waals surface area (Å²) in [6, 6.07) is 0. The van der Waals surface area contributed by atoms with Crippen molar-refractivity contribution in [1.29, 1.82) is 0 Å². The van der Waals surface area contributed by atoms with Gasteiger partial charge in [-0.2, -0.15) is 0 Å². The number of carbonyl (C=O) groups excluding carboxylic acids is 3. The standard InChI is InChI=1S/C50H88O6/c1-4-7-10-13-16-19-22-23-24-25-26-27-28-29-32-34-37-40-43-49(52)55-46-47(56-50(53)44-41-38-35-31-21-18-15-12-9-6-3)45-54-48(51)42-39-36-33-30-20-17-14-11-8-5-2/h15,18,22-27,47H,4-14,16-17,19-21,28-46H2,1-3H3/b18-15-,23-22-,25-24-,27-26-. The molecule has 0 radical (unpaired) electrons. The van der Waals surface area contributed by atoms with E-state index in [1.54, 1.807) is 0 Å². The Morgan fingerprint density at radius 1 is 0.357 bits per heavy atom. The molecule has 1 atom stereocenters. The van der Waals surface area contributed by atoms with Crippen molar-refractivity contribution in [3.8, 4) is 0 Å². The van der Waals surface area contributed by atoms with Gasteiger partial charge in [-0.25, -0.2) is 0 Å². The molecule has 6 nitrogen and oxygen atoms in total. The van der Waals surface area contributed by atoms with Crippen LogP contribution in [0.5, 0.6) is 0 Å². The Labute approximate surface area is 346 Å². The molecule has 0 N–H and O–H groups in total. The molecule has 1 unspecified atom stereocenters. The second kappa shape index (κ2) is 45.1. The summed E-state index contributed by atoms with van der Waals surface area (Å²) in [7, 11) is 0. The lowest BCUT2D eigenvalue weighted by molar-refractivity contribution is -0.167. The van der Waals surface area contributed by atoms with Gasteiger partial charge < -0.3 is 14.2 Å². The molecule has 6 heteroatoms. The Morgan fingerprint density at radius 3 is 1.09 bits per heavy atom. The van der Waals surface area contributed by atoms with Crippen molar-refractivity contribution in [2.45, 2.75) is 239 Å². The number of allylic oxidation sites excluding steroid dienone is 8. The molecule has 0 saturated carbocycles. The van der Waals surface area contributed by atoms with Gasteiger partial charge >= 0.3 is 17.9 Å². The molecular formula is C50H88O6. The van der Waals surface area contributed by atoms with Gasteiger partial charge in [0.2, 0.25) is 0 Å². The third-order valence-electron chi connectivity index (χ3n) is 10.1. The van der Waals surface area contributed by atoms with Crippen LogP contribution in [0.15, 0.2) is 48.6 Å². The fourth-order valence-corrected chi connectivity index (χ4v) is 6.48. The first-order chi connectivity index (χ1) is 27.5. The molecule has 0 saturated heterocycles. The van der Waals surface area contributed by atoms with Crippen LogP contribution in [0.1, 0.15) is 233 Å². The SMILES string of the molecule is CCCC/C=C\CCCCCCC(=O)OC(COC(=O)CCCCCCC\C=C/C=C\C=C/CCCCCCC)COC(=O)CCCCCCCCCCCC. The molecule has 0 aromatic carbocycles. The maximum Gasteiger partial charge on any atom is 0.306 e. The predicted molar refractivity (Wildman–Crippen MR) is 238 cm³/mol. The molecule has 0 aromatic heterocycles. The molecule has 0 spiro atoms. The van der Waals surface area contributed by atoms with E-state index in [0.29, 0.717) is 19.3 Å². The summed E-state index contributed by atoms with van der Waals surface area (Å²) in [4.78, 5) is 37.7. The average molecular weight is 785 g/mol. The summed E-state index contributed by atoms with van der Waals surface area (Å²) < 4.78 is 16.7. The van der Waals surface area contributed by atoms with Crippen molar-refractivity contribution in [1.82, 2.24) is 0 Å². The fraction of sp³-hybridized carbons (Fsp3) is 0.780. The minimum Gasteiger partial charge on any atom is -0.462 e. The molecule has 56 heavy (non-hydrogen) atoms. The Morgan fingerprint density at radius 2 is 0.679 bits per heavy atom. The van der Waals surface area contributed by atoms with Crippen LogP contribution >= 0.6 is 0 Å². The molecule has 0 aliphatic heterocycles. The quantitative estimate of drug-likeness (QED) is 0.0202. The van der Waals surface area contributed by atoms with Gasteiger partial charge in [0.25, 0.3) is 0 Å². The Hall–Kier alpha value is -2.63. The van der Waals surface area contributed by atoms with Gasteiger partial charge in [0.1, 0.15) is 13.2 Å². The minimum absolute atomic E-state index is 0.0832. The van der Waals surface area contributed by atoms with Crippen molar-refractivity contribution in [2.24, 2.45) is 0 Å². The molecule has 0 heterocycles. The zero-order chi connectivity index (χ0) is 40.8. The summed E-state index contributed by atoms with van der Waals surface area (Å²) in [5.41, 5.74) is 0. The lowest BCUT2D eigenvalue weighted by Gasteiger charge is -2.18. The maximum absolute atomic E-state index is 12.7. The van der Waals surface area contributed by atoms with Crippen LogP contribution in [0.25, 0.3) is 0 Å². The largest absolute Gasteiger partial charge is 0.462 e. The molecule has 0 fully saturated rings. The van der Waals surface area contributed by atoms with E-state index >= 15 is 0 Å². The van der Waals surface area contributed by atoms with Crippen LogP contribution in [0.4, 0.5) is 0 Å². The summed E-state index contributed by atoms with van der Waals surface area (Å²) in [6.45, 7) is 6.53. The Bertz CT molecular complexity index is 996. The fourth-order valence-electron chi connectivity index (χ4n) is 6.48.